The van der Waals surface area contributed by atoms with Crippen LogP contribution in [0.1, 0.15) is 0 Å². The van der Waals surface area contributed by atoms with E-state index < -0.39 is 0 Å². The summed E-state index contributed by atoms with van der Waals surface area (Å²) in [4.78, 5) is 6.94. The first kappa shape index (κ1) is 3.28. The minimum Gasteiger partial charge on any atom is -0.0379 e. The molecule has 0 aliphatic carbocycles. The number of aliphatic imine (C=N–C) groups is 2. The van der Waals surface area contributed by atoms with E-state index >= 15 is 0 Å². The van der Waals surface area contributed by atoms with Crippen molar-refractivity contribution in [2.45, 2.75) is 0 Å². The van der Waals surface area contributed by atoms with Gasteiger partial charge in [-0.2, -0.15) is 0 Å². The van der Waals surface area contributed by atoms with Gasteiger partial charge in [0, 0.05) is 6.08 Å². The van der Waals surface area contributed by atoms with Crippen molar-refractivity contribution >= 4 is 12.6 Å². The molecule has 2 heteroatoms. The maximum Gasteiger partial charge on any atom is 0.464 e. The topological polar surface area (TPSA) is 26.5 Å². The van der Waals surface area contributed by atoms with Crippen LogP contribution < -0.4 is 4.99 Å². The zero-order valence-electron chi connectivity index (χ0n) is 3.05. The lowest BCUT2D eigenvalue weighted by Crippen LogP contribution is -1.83. The van der Waals surface area contributed by atoms with Gasteiger partial charge in [0.1, 0.15) is 6.20 Å². The predicted octanol–water partition coefficient (Wildman–Crippen LogP) is -0.297. The van der Waals surface area contributed by atoms with E-state index in [2.05, 4.69) is 22.5 Å². The van der Waals surface area contributed by atoms with E-state index in [0.29, 0.717) is 0 Å². The van der Waals surface area contributed by atoms with Crippen LogP contribution in [0.2, 0.25) is 0 Å². The van der Waals surface area contributed by atoms with Crippen LogP contribution in [0.3, 0.4) is 0 Å². The van der Waals surface area contributed by atoms with E-state index in [1.807, 2.05) is 0 Å². The molecular weight excluding hydrogens is 76.1 g/mol. The van der Waals surface area contributed by atoms with Crippen LogP contribution in [0.5, 0.6) is 0 Å². The van der Waals surface area contributed by atoms with Crippen molar-refractivity contribution in [1.82, 2.24) is 4.99 Å². The Morgan fingerprint density at radius 2 is 2.67 bits per heavy atom. The minimum atomic E-state index is 1.58. The summed E-state index contributed by atoms with van der Waals surface area (Å²) in [5.41, 5.74) is 0. The van der Waals surface area contributed by atoms with Crippen molar-refractivity contribution in [2.75, 3.05) is 0 Å². The Balaban J connectivity index is 2.77. The van der Waals surface area contributed by atoms with Crippen molar-refractivity contribution < 1.29 is 0 Å². The standard InChI is InChI=1S/C4H2N2/c1-2-5-4-6-3-1/h1-2H/q+1. The highest BCUT2D eigenvalue weighted by atomic mass is 14.8. The molecule has 3 radical (unpaired) electrons. The smallest absolute Gasteiger partial charge is 0.0379 e. The SMILES string of the molecule is [C]1=N[C]=[N+]C=C1. The Hall–Kier alpha value is -0.920. The molecule has 1 aliphatic rings. The van der Waals surface area contributed by atoms with E-state index in [1.165, 1.54) is 0 Å². The zero-order valence-corrected chi connectivity index (χ0v) is 3.05. The summed E-state index contributed by atoms with van der Waals surface area (Å²) in [5, 5.41) is 0. The molecule has 0 saturated carbocycles. The summed E-state index contributed by atoms with van der Waals surface area (Å²) in [6.45, 7) is 0. The second-order valence-corrected chi connectivity index (χ2v) is 0.786. The van der Waals surface area contributed by atoms with E-state index in [0.717, 1.165) is 0 Å². The number of allylic oxidation sites excluding steroid dienone is 1. The van der Waals surface area contributed by atoms with Crippen LogP contribution in [-0.2, 0) is 0 Å². The fraction of sp³-hybridized carbons (Fsp3) is 0. The van der Waals surface area contributed by atoms with Gasteiger partial charge in [-0.3, -0.25) is 0 Å². The third-order valence-electron chi connectivity index (χ3n) is 0.396. The fourth-order valence-corrected chi connectivity index (χ4v) is 0.199. The Bertz CT molecular complexity index is 74.9. The van der Waals surface area contributed by atoms with E-state index in [9.17, 15) is 0 Å². The highest BCUT2D eigenvalue weighted by molar-refractivity contribution is 5.81. The molecule has 1 aliphatic heterocycles. The Morgan fingerprint density at radius 3 is 2.83 bits per heavy atom. The lowest BCUT2D eigenvalue weighted by Gasteiger charge is -1.58. The molecule has 0 bridgehead atoms. The van der Waals surface area contributed by atoms with Gasteiger partial charge in [-0.05, 0) is 9.98 Å². The first-order valence-corrected chi connectivity index (χ1v) is 1.55. The quantitative estimate of drug-likeness (QED) is 0.380. The van der Waals surface area contributed by atoms with Crippen LogP contribution in [0.4, 0.5) is 0 Å². The van der Waals surface area contributed by atoms with Gasteiger partial charge in [-0.15, -0.1) is 0 Å². The highest BCUT2D eigenvalue weighted by Gasteiger charge is 1.86. The van der Waals surface area contributed by atoms with Gasteiger partial charge < -0.3 is 0 Å². The summed E-state index contributed by atoms with van der Waals surface area (Å²) in [7, 11) is 0. The molecule has 0 atom stereocenters. The van der Waals surface area contributed by atoms with Crippen LogP contribution in [-0.4, -0.2) is 12.6 Å². The van der Waals surface area contributed by atoms with Gasteiger partial charge in [0.15, 0.2) is 0 Å². The Labute approximate surface area is 35.9 Å². The summed E-state index contributed by atoms with van der Waals surface area (Å²) in [5.74, 6) is 0. The lowest BCUT2D eigenvalue weighted by atomic mass is 10.6. The summed E-state index contributed by atoms with van der Waals surface area (Å²) < 4.78 is 0. The number of rotatable bonds is 0. The minimum absolute atomic E-state index is 1.58. The third-order valence-corrected chi connectivity index (χ3v) is 0.396. The molecule has 0 saturated heterocycles. The molecule has 27 valence electrons. The molecule has 0 unspecified atom stereocenters. The van der Waals surface area contributed by atoms with E-state index in [1.54, 1.807) is 12.3 Å². The molecule has 1 rings (SSSR count). The Morgan fingerprint density at radius 1 is 1.67 bits per heavy atom. The molecule has 0 aromatic carbocycles. The Kier molecular flexibility index (Phi) is 0.819. The number of hydrogen-bond acceptors (Lipinski definition) is 2. The number of nitrogens with zero attached hydrogens (tertiary/aromatic N) is 2. The van der Waals surface area contributed by atoms with Crippen molar-refractivity contribution in [3.8, 4) is 0 Å². The van der Waals surface area contributed by atoms with Crippen LogP contribution in [0, 0.1) is 0 Å². The average molecular weight is 78.1 g/mol. The first-order chi connectivity index (χ1) is 3.00. The molecule has 0 amide bonds. The molecule has 1 heterocycles. The summed E-state index contributed by atoms with van der Waals surface area (Å²) in [6.07, 6.45) is 8.06. The maximum absolute atomic E-state index is 3.52. The largest absolute Gasteiger partial charge is 0.464 e. The van der Waals surface area contributed by atoms with Gasteiger partial charge >= 0.3 is 6.34 Å². The van der Waals surface area contributed by atoms with Crippen molar-refractivity contribution in [3.63, 3.8) is 0 Å². The third kappa shape index (κ3) is 0.516. The molecule has 0 spiro atoms. The molecule has 6 heavy (non-hydrogen) atoms. The van der Waals surface area contributed by atoms with Crippen LogP contribution in [0.25, 0.3) is 0 Å². The second-order valence-electron chi connectivity index (χ2n) is 0.786. The second kappa shape index (κ2) is 1.50. The molecule has 0 aromatic rings. The normalized spacial score (nSPS) is 16.0. The molecule has 0 fully saturated rings. The van der Waals surface area contributed by atoms with Crippen LogP contribution in [0.15, 0.2) is 17.3 Å². The van der Waals surface area contributed by atoms with Crippen molar-refractivity contribution in [1.29, 1.82) is 0 Å². The fourth-order valence-electron chi connectivity index (χ4n) is 0.199. The highest BCUT2D eigenvalue weighted by Crippen LogP contribution is 1.65. The van der Waals surface area contributed by atoms with Crippen LogP contribution >= 0.6 is 0 Å². The summed E-state index contributed by atoms with van der Waals surface area (Å²) >= 11 is 0. The van der Waals surface area contributed by atoms with Gasteiger partial charge in [0.25, 0.3) is 0 Å². The molecule has 0 aromatic heterocycles. The van der Waals surface area contributed by atoms with E-state index in [4.69, 9.17) is 0 Å². The molecular formula is C4H2N2+. The van der Waals surface area contributed by atoms with Gasteiger partial charge in [-0.1, -0.05) is 0 Å². The molecule has 0 N–H and O–H groups in total. The first-order valence-electron chi connectivity index (χ1n) is 1.55. The lowest BCUT2D eigenvalue weighted by molar-refractivity contribution is 1.37. The predicted molar refractivity (Wildman–Crippen MR) is 23.7 cm³/mol. The maximum atomic E-state index is 3.52. The number of hydrogen-bond donors (Lipinski definition) is 0. The summed E-state index contributed by atoms with van der Waals surface area (Å²) in [6, 6.07) is 0. The van der Waals surface area contributed by atoms with Gasteiger partial charge in [-0.25, -0.2) is 0 Å². The van der Waals surface area contributed by atoms with Gasteiger partial charge in [0.05, 0.1) is 0 Å². The van der Waals surface area contributed by atoms with Crippen molar-refractivity contribution in [3.05, 3.63) is 12.3 Å². The monoisotopic (exact) mass is 78.0 g/mol. The zero-order chi connectivity index (χ0) is 4.24. The van der Waals surface area contributed by atoms with Crippen molar-refractivity contribution in [2.24, 2.45) is 4.99 Å². The molecule has 2 nitrogen and oxygen atoms in total. The average Bonchev–Trinajstić information content (AvgIpc) is 1.72. The van der Waals surface area contributed by atoms with Gasteiger partial charge in [0.2, 0.25) is 6.21 Å². The van der Waals surface area contributed by atoms with E-state index in [-0.39, 0.29) is 0 Å².